The highest BCUT2D eigenvalue weighted by molar-refractivity contribution is 7.83. The average Bonchev–Trinajstić information content (AvgIpc) is 1.79. The van der Waals surface area contributed by atoms with Gasteiger partial charge in [0.25, 0.3) is 11.4 Å². The van der Waals surface area contributed by atoms with Gasteiger partial charge in [0.05, 0.1) is 0 Å². The van der Waals surface area contributed by atoms with E-state index in [1.54, 1.807) is 0 Å². The Morgan fingerprint density at radius 3 is 1.07 bits per heavy atom. The van der Waals surface area contributed by atoms with Crippen LogP contribution in [0.3, 0.4) is 0 Å². The molecule has 0 bridgehead atoms. The van der Waals surface area contributed by atoms with E-state index in [4.69, 9.17) is 22.4 Å². The van der Waals surface area contributed by atoms with Gasteiger partial charge in [-0.3, -0.25) is 18.2 Å². The zero-order valence-electron chi connectivity index (χ0n) is 6.58. The highest BCUT2D eigenvalue weighted by atomic mass is 32.3. The lowest BCUT2D eigenvalue weighted by atomic mass is 14.0. The van der Waals surface area contributed by atoms with Crippen LogP contribution in [0.25, 0.3) is 0 Å². The van der Waals surface area contributed by atoms with Gasteiger partial charge in [0.2, 0.25) is 0 Å². The second-order valence-corrected chi connectivity index (χ2v) is 3.67. The third-order valence-corrected chi connectivity index (χ3v) is 0.766. The lowest BCUT2D eigenvalue weighted by molar-refractivity contribution is -0.105. The van der Waals surface area contributed by atoms with Crippen LogP contribution in [0.2, 0.25) is 0 Å². The molecule has 0 radical (unpaired) electrons. The molecule has 15 heteroatoms. The van der Waals surface area contributed by atoms with E-state index < -0.39 is 32.2 Å². The van der Waals surface area contributed by atoms with Gasteiger partial charge in [-0.2, -0.15) is 21.0 Å². The zero-order valence-corrected chi connectivity index (χ0v) is 9.03. The van der Waals surface area contributed by atoms with Gasteiger partial charge in [0, 0.05) is 0 Å². The molecule has 0 aliphatic carbocycles. The molecule has 0 aromatic heterocycles. The Balaban J connectivity index is -0.000000249. The average molecular weight is 293 g/mol. The standard InChI is InChI=1S/H3N.H2O8S2.H2O3S/c;1-9(2,3)7-8-10(4,5)6;1-4(2)3/h1H3;(H,1,2,3)(H,4,5,6);(H2,1,2,3). The van der Waals surface area contributed by atoms with Crippen LogP contribution in [-0.2, 0) is 40.8 Å². The lowest BCUT2D eigenvalue weighted by Gasteiger charge is -1.92. The van der Waals surface area contributed by atoms with Crippen molar-refractivity contribution in [2.24, 2.45) is 0 Å². The van der Waals surface area contributed by atoms with E-state index in [1.807, 2.05) is 0 Å². The summed E-state index contributed by atoms with van der Waals surface area (Å²) in [5.41, 5.74) is 0. The predicted molar refractivity (Wildman–Crippen MR) is 43.7 cm³/mol. The molecule has 96 valence electrons. The first-order valence-corrected chi connectivity index (χ1v) is 5.86. The maximum Gasteiger partial charge on any atom is 0.425 e. The Kier molecular flexibility index (Phi) is 10.8. The van der Waals surface area contributed by atoms with Crippen molar-refractivity contribution in [2.75, 3.05) is 0 Å². The van der Waals surface area contributed by atoms with Crippen molar-refractivity contribution >= 4 is 32.2 Å². The number of hydrogen-bond acceptors (Lipinski definition) is 8. The van der Waals surface area contributed by atoms with Crippen LogP contribution in [0.1, 0.15) is 0 Å². The van der Waals surface area contributed by atoms with Crippen molar-refractivity contribution in [1.29, 1.82) is 0 Å². The lowest BCUT2D eigenvalue weighted by Crippen LogP contribution is -2.10. The fourth-order valence-electron chi connectivity index (χ4n) is 0.0702. The molecule has 0 aliphatic heterocycles. The Bertz CT molecular complexity index is 323. The molecule has 0 aliphatic rings. The number of hydrogen-bond donors (Lipinski definition) is 5. The molecule has 0 saturated carbocycles. The van der Waals surface area contributed by atoms with Gasteiger partial charge in [-0.15, -0.1) is 0 Å². The highest BCUT2D eigenvalue weighted by Gasteiger charge is 2.13. The largest absolute Gasteiger partial charge is 0.425 e. The molecule has 0 aromatic carbocycles. The first-order valence-electron chi connectivity index (χ1n) is 2.06. The Morgan fingerprint density at radius 2 is 1.00 bits per heavy atom. The van der Waals surface area contributed by atoms with E-state index in [-0.39, 0.29) is 6.15 Å². The summed E-state index contributed by atoms with van der Waals surface area (Å²) in [6.07, 6.45) is 0. The summed E-state index contributed by atoms with van der Waals surface area (Å²) < 4.78 is 81.7. The second-order valence-electron chi connectivity index (χ2n) is 1.22. The molecule has 0 amide bonds. The summed E-state index contributed by atoms with van der Waals surface area (Å²) in [5, 5.41) is 0. The van der Waals surface area contributed by atoms with E-state index in [1.165, 1.54) is 0 Å². The zero-order chi connectivity index (χ0) is 12.0. The molecule has 0 unspecified atom stereocenters. The van der Waals surface area contributed by atoms with Crippen LogP contribution >= 0.6 is 0 Å². The van der Waals surface area contributed by atoms with Crippen LogP contribution in [-0.4, -0.2) is 39.3 Å². The van der Waals surface area contributed by atoms with Gasteiger partial charge < -0.3 is 6.15 Å². The molecule has 7 N–H and O–H groups in total. The molecule has 12 nitrogen and oxygen atoms in total. The Hall–Kier alpha value is -0.230. The summed E-state index contributed by atoms with van der Waals surface area (Å²) in [7, 11) is -10.0. The summed E-state index contributed by atoms with van der Waals surface area (Å²) in [5.74, 6) is 0. The van der Waals surface area contributed by atoms with Crippen LogP contribution < -0.4 is 6.15 Å². The van der Waals surface area contributed by atoms with Gasteiger partial charge >= 0.3 is 20.8 Å². The summed E-state index contributed by atoms with van der Waals surface area (Å²) >= 11 is -2.61. The van der Waals surface area contributed by atoms with Crippen molar-refractivity contribution in [2.45, 2.75) is 0 Å². The Morgan fingerprint density at radius 1 is 0.867 bits per heavy atom. The van der Waals surface area contributed by atoms with Crippen LogP contribution in [0.4, 0.5) is 0 Å². The highest BCUT2D eigenvalue weighted by Crippen LogP contribution is 1.92. The van der Waals surface area contributed by atoms with Gasteiger partial charge in [-0.1, -0.05) is 8.67 Å². The minimum absolute atomic E-state index is 0. The minimum Gasteiger partial charge on any atom is -0.344 e. The summed E-state index contributed by atoms with van der Waals surface area (Å²) in [6.45, 7) is 0. The van der Waals surface area contributed by atoms with Crippen molar-refractivity contribution in [3.8, 4) is 0 Å². The second kappa shape index (κ2) is 7.98. The van der Waals surface area contributed by atoms with Gasteiger partial charge in [0.1, 0.15) is 0 Å². The van der Waals surface area contributed by atoms with E-state index in [9.17, 15) is 16.8 Å². The topological polar surface area (TPSA) is 220 Å². The van der Waals surface area contributed by atoms with Gasteiger partial charge in [-0.05, 0) is 0 Å². The van der Waals surface area contributed by atoms with E-state index >= 15 is 0 Å². The third kappa shape index (κ3) is 41.6. The molecule has 0 spiro atoms. The molecule has 0 rings (SSSR count). The van der Waals surface area contributed by atoms with Crippen LogP contribution in [0, 0.1) is 0 Å². The minimum atomic E-state index is -5.02. The van der Waals surface area contributed by atoms with E-state index in [0.717, 1.165) is 0 Å². The van der Waals surface area contributed by atoms with E-state index in [2.05, 4.69) is 8.67 Å². The maximum absolute atomic E-state index is 9.51. The Labute approximate surface area is 86.7 Å². The molecular weight excluding hydrogens is 286 g/mol. The van der Waals surface area contributed by atoms with Crippen molar-refractivity contribution < 1.29 is 47.9 Å². The first-order chi connectivity index (χ1) is 5.94. The molecule has 15 heavy (non-hydrogen) atoms. The third-order valence-electron chi connectivity index (χ3n) is 0.200. The molecule has 0 heterocycles. The molecular formula is H7NO11S3. The SMILES string of the molecule is N.O=S(=O)(O)OOS(=O)(=O)O.O=S(O)O. The number of rotatable bonds is 3. The van der Waals surface area contributed by atoms with Crippen molar-refractivity contribution in [1.82, 2.24) is 6.15 Å². The quantitative estimate of drug-likeness (QED) is 0.171. The molecule has 0 fully saturated rings. The van der Waals surface area contributed by atoms with Crippen molar-refractivity contribution in [3.63, 3.8) is 0 Å². The monoisotopic (exact) mass is 293 g/mol. The smallest absolute Gasteiger partial charge is 0.344 e. The van der Waals surface area contributed by atoms with Gasteiger partial charge in [0.15, 0.2) is 0 Å². The fourth-order valence-corrected chi connectivity index (χ4v) is 0.632. The summed E-state index contributed by atoms with van der Waals surface area (Å²) in [4.78, 5) is 0. The normalized spacial score (nSPS) is 11.3. The van der Waals surface area contributed by atoms with Crippen LogP contribution in [0.15, 0.2) is 0 Å². The molecule has 0 aromatic rings. The van der Waals surface area contributed by atoms with E-state index in [0.29, 0.717) is 0 Å². The predicted octanol–water partition coefficient (Wildman–Crippen LogP) is -1.62. The van der Waals surface area contributed by atoms with Crippen molar-refractivity contribution in [3.05, 3.63) is 0 Å². The molecule has 0 saturated heterocycles. The maximum atomic E-state index is 9.51. The summed E-state index contributed by atoms with van der Waals surface area (Å²) in [6, 6.07) is 0. The van der Waals surface area contributed by atoms with Crippen LogP contribution in [0.5, 0.6) is 0 Å². The fraction of sp³-hybridized carbons (Fsp3) is 0. The van der Waals surface area contributed by atoms with Gasteiger partial charge in [-0.25, -0.2) is 0 Å². The first kappa shape index (κ1) is 20.2. The molecule has 0 atom stereocenters.